The molecular formula is C11H17BrN4O2. The van der Waals surface area contributed by atoms with E-state index >= 15 is 0 Å². The van der Waals surface area contributed by atoms with Crippen LogP contribution in [-0.4, -0.2) is 49.7 Å². The third-order valence-corrected chi connectivity index (χ3v) is 2.60. The van der Waals surface area contributed by atoms with E-state index in [-0.39, 0.29) is 12.5 Å². The second-order valence-electron chi connectivity index (χ2n) is 3.79. The van der Waals surface area contributed by atoms with Gasteiger partial charge in [-0.1, -0.05) is 0 Å². The van der Waals surface area contributed by atoms with Gasteiger partial charge < -0.3 is 15.0 Å². The monoisotopic (exact) mass is 316 g/mol. The summed E-state index contributed by atoms with van der Waals surface area (Å²) in [6.45, 7) is 3.07. The van der Waals surface area contributed by atoms with Crippen LogP contribution in [0.5, 0.6) is 0 Å². The van der Waals surface area contributed by atoms with Gasteiger partial charge in [-0.3, -0.25) is 4.79 Å². The van der Waals surface area contributed by atoms with Crippen molar-refractivity contribution in [2.75, 3.05) is 38.8 Å². The highest BCUT2D eigenvalue weighted by Gasteiger charge is 2.09. The van der Waals surface area contributed by atoms with Crippen LogP contribution in [0, 0.1) is 6.92 Å². The minimum absolute atomic E-state index is 0.0677. The maximum atomic E-state index is 11.6. The smallest absolute Gasteiger partial charge is 0.239 e. The summed E-state index contributed by atoms with van der Waals surface area (Å²) >= 11 is 3.30. The number of nitrogens with zero attached hydrogens (tertiary/aromatic N) is 3. The maximum Gasteiger partial charge on any atom is 0.239 e. The number of carbonyl (C=O) groups excluding carboxylic acids is 1. The molecule has 0 aliphatic rings. The molecule has 0 spiro atoms. The minimum Gasteiger partial charge on any atom is -0.383 e. The summed E-state index contributed by atoms with van der Waals surface area (Å²) < 4.78 is 5.56. The molecule has 1 aromatic rings. The molecule has 0 aromatic carbocycles. The summed E-state index contributed by atoms with van der Waals surface area (Å²) in [6, 6.07) is 1.77. The van der Waals surface area contributed by atoms with Crippen LogP contribution in [0.3, 0.4) is 0 Å². The van der Waals surface area contributed by atoms with E-state index in [1.165, 1.54) is 0 Å². The molecular weight excluding hydrogens is 300 g/mol. The zero-order chi connectivity index (χ0) is 13.5. The van der Waals surface area contributed by atoms with Gasteiger partial charge in [0.15, 0.2) is 0 Å². The van der Waals surface area contributed by atoms with Gasteiger partial charge in [0.25, 0.3) is 0 Å². The average Bonchev–Trinajstić information content (AvgIpc) is 2.28. The van der Waals surface area contributed by atoms with E-state index in [1.54, 1.807) is 25.0 Å². The standard InChI is InChI=1S/C11H17BrN4O2/c1-8-14-9(12)6-10(15-8)16(2)7-11(17)13-4-5-18-3/h6H,4-5,7H2,1-3H3,(H,13,17). The van der Waals surface area contributed by atoms with E-state index in [4.69, 9.17) is 4.74 Å². The Morgan fingerprint density at radius 1 is 1.56 bits per heavy atom. The molecule has 1 amide bonds. The highest BCUT2D eigenvalue weighted by Crippen LogP contribution is 2.14. The van der Waals surface area contributed by atoms with Crippen LogP contribution in [0.15, 0.2) is 10.7 Å². The maximum absolute atomic E-state index is 11.6. The normalized spacial score (nSPS) is 10.2. The number of aromatic nitrogens is 2. The first kappa shape index (κ1) is 14.8. The zero-order valence-electron chi connectivity index (χ0n) is 10.7. The molecule has 1 rings (SSSR count). The molecule has 100 valence electrons. The van der Waals surface area contributed by atoms with Gasteiger partial charge in [-0.05, 0) is 22.9 Å². The van der Waals surface area contributed by atoms with E-state index in [1.807, 2.05) is 7.05 Å². The van der Waals surface area contributed by atoms with Gasteiger partial charge in [0.1, 0.15) is 16.2 Å². The van der Waals surface area contributed by atoms with Crippen LogP contribution >= 0.6 is 15.9 Å². The molecule has 7 heteroatoms. The first-order chi connectivity index (χ1) is 8.52. The molecule has 0 saturated carbocycles. The van der Waals surface area contributed by atoms with E-state index in [0.717, 1.165) is 0 Å². The van der Waals surface area contributed by atoms with Crippen LogP contribution in [0.2, 0.25) is 0 Å². The fourth-order valence-electron chi connectivity index (χ4n) is 1.36. The minimum atomic E-state index is -0.0677. The fraction of sp³-hybridized carbons (Fsp3) is 0.545. The predicted molar refractivity (Wildman–Crippen MR) is 72.6 cm³/mol. The molecule has 0 fully saturated rings. The molecule has 0 atom stereocenters. The van der Waals surface area contributed by atoms with E-state index < -0.39 is 0 Å². The molecule has 0 radical (unpaired) electrons. The van der Waals surface area contributed by atoms with Crippen LogP contribution < -0.4 is 10.2 Å². The van der Waals surface area contributed by atoms with Gasteiger partial charge in [-0.2, -0.15) is 0 Å². The second-order valence-corrected chi connectivity index (χ2v) is 4.61. The van der Waals surface area contributed by atoms with Crippen LogP contribution in [-0.2, 0) is 9.53 Å². The van der Waals surface area contributed by atoms with E-state index in [9.17, 15) is 4.79 Å². The molecule has 0 unspecified atom stereocenters. The van der Waals surface area contributed by atoms with Crippen LogP contribution in [0.4, 0.5) is 5.82 Å². The topological polar surface area (TPSA) is 67.3 Å². The predicted octanol–water partition coefficient (Wildman–Crippen LogP) is 0.746. The lowest BCUT2D eigenvalue weighted by Crippen LogP contribution is -2.37. The summed E-state index contributed by atoms with van der Waals surface area (Å²) in [5.41, 5.74) is 0. The number of methoxy groups -OCH3 is 1. The lowest BCUT2D eigenvalue weighted by atomic mass is 10.4. The van der Waals surface area contributed by atoms with Crippen molar-refractivity contribution in [3.63, 3.8) is 0 Å². The zero-order valence-corrected chi connectivity index (χ0v) is 12.3. The molecule has 1 N–H and O–H groups in total. The highest BCUT2D eigenvalue weighted by molar-refractivity contribution is 9.10. The molecule has 1 heterocycles. The third kappa shape index (κ3) is 4.97. The highest BCUT2D eigenvalue weighted by atomic mass is 79.9. The fourth-order valence-corrected chi connectivity index (χ4v) is 1.82. The number of carbonyl (C=O) groups is 1. The molecule has 1 aromatic heterocycles. The quantitative estimate of drug-likeness (QED) is 0.619. The number of hydrogen-bond acceptors (Lipinski definition) is 5. The number of amides is 1. The summed E-state index contributed by atoms with van der Waals surface area (Å²) in [5.74, 6) is 1.30. The van der Waals surface area contributed by atoms with Crippen molar-refractivity contribution in [3.8, 4) is 0 Å². The number of anilines is 1. The number of rotatable bonds is 6. The van der Waals surface area contributed by atoms with Gasteiger partial charge in [-0.25, -0.2) is 9.97 Å². The van der Waals surface area contributed by atoms with Gasteiger partial charge >= 0.3 is 0 Å². The van der Waals surface area contributed by atoms with Crippen molar-refractivity contribution in [3.05, 3.63) is 16.5 Å². The average molecular weight is 317 g/mol. The molecule has 0 saturated heterocycles. The number of nitrogens with one attached hydrogen (secondary N) is 1. The Morgan fingerprint density at radius 2 is 2.28 bits per heavy atom. The van der Waals surface area contributed by atoms with Crippen LogP contribution in [0.25, 0.3) is 0 Å². The van der Waals surface area contributed by atoms with Crippen molar-refractivity contribution >= 4 is 27.7 Å². The first-order valence-electron chi connectivity index (χ1n) is 5.51. The molecule has 0 aliphatic carbocycles. The Balaban J connectivity index is 2.53. The SMILES string of the molecule is COCCNC(=O)CN(C)c1cc(Br)nc(C)n1. The number of ether oxygens (including phenoxy) is 1. The van der Waals surface area contributed by atoms with Gasteiger partial charge in [0, 0.05) is 26.8 Å². The Morgan fingerprint density at radius 3 is 2.89 bits per heavy atom. The molecule has 0 bridgehead atoms. The summed E-state index contributed by atoms with van der Waals surface area (Å²) in [7, 11) is 3.41. The number of aryl methyl sites for hydroxylation is 1. The summed E-state index contributed by atoms with van der Waals surface area (Å²) in [5, 5.41) is 2.75. The lowest BCUT2D eigenvalue weighted by Gasteiger charge is -2.18. The lowest BCUT2D eigenvalue weighted by molar-refractivity contribution is -0.119. The van der Waals surface area contributed by atoms with Gasteiger partial charge in [0.2, 0.25) is 5.91 Å². The van der Waals surface area contributed by atoms with Crippen LogP contribution in [0.1, 0.15) is 5.82 Å². The Kier molecular flexibility index (Phi) is 6.00. The molecule has 6 nitrogen and oxygen atoms in total. The largest absolute Gasteiger partial charge is 0.383 e. The molecule has 0 aliphatic heterocycles. The third-order valence-electron chi connectivity index (χ3n) is 2.19. The summed E-state index contributed by atoms with van der Waals surface area (Å²) in [4.78, 5) is 21.8. The van der Waals surface area contributed by atoms with Gasteiger partial charge in [0.05, 0.1) is 13.2 Å². The number of hydrogen-bond donors (Lipinski definition) is 1. The Hall–Kier alpha value is -1.21. The first-order valence-corrected chi connectivity index (χ1v) is 6.30. The van der Waals surface area contributed by atoms with Crippen molar-refractivity contribution in [2.24, 2.45) is 0 Å². The van der Waals surface area contributed by atoms with E-state index in [0.29, 0.717) is 29.4 Å². The second kappa shape index (κ2) is 7.27. The van der Waals surface area contributed by atoms with Crippen molar-refractivity contribution in [1.29, 1.82) is 0 Å². The van der Waals surface area contributed by atoms with Crippen molar-refractivity contribution < 1.29 is 9.53 Å². The Bertz CT molecular complexity index is 394. The van der Waals surface area contributed by atoms with E-state index in [2.05, 4.69) is 31.2 Å². The van der Waals surface area contributed by atoms with Crippen molar-refractivity contribution in [1.82, 2.24) is 15.3 Å². The Labute approximate surface area is 115 Å². The van der Waals surface area contributed by atoms with Crippen molar-refractivity contribution in [2.45, 2.75) is 6.92 Å². The molecule has 18 heavy (non-hydrogen) atoms. The number of halogens is 1. The van der Waals surface area contributed by atoms with Gasteiger partial charge in [-0.15, -0.1) is 0 Å². The summed E-state index contributed by atoms with van der Waals surface area (Å²) in [6.07, 6.45) is 0. The number of likely N-dealkylation sites (N-methyl/N-ethyl adjacent to an activating group) is 1.